The van der Waals surface area contributed by atoms with Gasteiger partial charge in [-0.1, -0.05) is 0 Å². The quantitative estimate of drug-likeness (QED) is 0.528. The first-order chi connectivity index (χ1) is 4.70. The summed E-state index contributed by atoms with van der Waals surface area (Å²) in [4.78, 5) is 21.1. The molecule has 0 aromatic heterocycles. The van der Waals surface area contributed by atoms with Crippen molar-refractivity contribution in [2.75, 3.05) is 6.54 Å². The maximum atomic E-state index is 10.6. The maximum Gasteiger partial charge on any atom is 0.319 e. The molecule has 0 unspecified atom stereocenters. The van der Waals surface area contributed by atoms with E-state index in [-0.39, 0.29) is 11.8 Å². The molecule has 0 radical (unpaired) electrons. The van der Waals surface area contributed by atoms with E-state index in [9.17, 15) is 9.59 Å². The molecule has 0 saturated heterocycles. The molecule has 0 atom stereocenters. The van der Waals surface area contributed by atoms with Crippen LogP contribution in [0.5, 0.6) is 0 Å². The molecule has 0 aromatic carbocycles. The SMILES string of the molecule is CC(=O)C1=CNC(=O)NC1. The molecule has 0 fully saturated rings. The summed E-state index contributed by atoms with van der Waals surface area (Å²) in [5.74, 6) is -0.0208. The van der Waals surface area contributed by atoms with Crippen molar-refractivity contribution in [3.63, 3.8) is 0 Å². The molecule has 1 aliphatic heterocycles. The number of carbonyl (C=O) groups is 2. The lowest BCUT2D eigenvalue weighted by atomic mass is 10.2. The van der Waals surface area contributed by atoms with Crippen molar-refractivity contribution < 1.29 is 9.59 Å². The second-order valence-corrected chi connectivity index (χ2v) is 2.05. The number of hydrogen-bond acceptors (Lipinski definition) is 2. The van der Waals surface area contributed by atoms with Gasteiger partial charge in [-0.05, 0) is 6.92 Å². The van der Waals surface area contributed by atoms with E-state index in [2.05, 4.69) is 10.6 Å². The van der Waals surface area contributed by atoms with Crippen molar-refractivity contribution in [1.82, 2.24) is 10.6 Å². The maximum absolute atomic E-state index is 10.6. The van der Waals surface area contributed by atoms with Crippen molar-refractivity contribution in [1.29, 1.82) is 0 Å². The molecule has 0 saturated carbocycles. The minimum atomic E-state index is -0.259. The second-order valence-electron chi connectivity index (χ2n) is 2.05. The second kappa shape index (κ2) is 2.51. The molecule has 4 nitrogen and oxygen atoms in total. The Bertz CT molecular complexity index is 208. The predicted octanol–water partition coefficient (Wildman–Crippen LogP) is -0.228. The minimum absolute atomic E-state index is 0.0208. The molecule has 1 heterocycles. The third-order valence-electron chi connectivity index (χ3n) is 1.27. The molecule has 54 valence electrons. The third kappa shape index (κ3) is 1.34. The third-order valence-corrected chi connectivity index (χ3v) is 1.27. The number of nitrogens with one attached hydrogen (secondary N) is 2. The van der Waals surface area contributed by atoms with E-state index in [0.717, 1.165) is 0 Å². The largest absolute Gasteiger partial charge is 0.334 e. The van der Waals surface area contributed by atoms with Crippen LogP contribution in [0.2, 0.25) is 0 Å². The molecule has 10 heavy (non-hydrogen) atoms. The Morgan fingerprint density at radius 3 is 2.80 bits per heavy atom. The Balaban J connectivity index is 2.65. The van der Waals surface area contributed by atoms with Crippen molar-refractivity contribution in [3.05, 3.63) is 11.8 Å². The highest BCUT2D eigenvalue weighted by Crippen LogP contribution is 1.95. The average molecular weight is 140 g/mol. The number of carbonyl (C=O) groups excluding carboxylic acids is 2. The van der Waals surface area contributed by atoms with Gasteiger partial charge >= 0.3 is 6.03 Å². The zero-order valence-electron chi connectivity index (χ0n) is 5.60. The predicted molar refractivity (Wildman–Crippen MR) is 35.3 cm³/mol. The number of rotatable bonds is 1. The summed E-state index contributed by atoms with van der Waals surface area (Å²) in [7, 11) is 0. The average Bonchev–Trinajstić information content (AvgIpc) is 1.88. The van der Waals surface area contributed by atoms with Gasteiger partial charge in [0, 0.05) is 18.3 Å². The van der Waals surface area contributed by atoms with E-state index in [1.165, 1.54) is 13.1 Å². The van der Waals surface area contributed by atoms with Gasteiger partial charge in [0.2, 0.25) is 0 Å². The monoisotopic (exact) mass is 140 g/mol. The zero-order valence-corrected chi connectivity index (χ0v) is 5.60. The lowest BCUT2D eigenvalue weighted by Crippen LogP contribution is -2.39. The van der Waals surface area contributed by atoms with Crippen molar-refractivity contribution in [3.8, 4) is 0 Å². The molecule has 0 aliphatic carbocycles. The lowest BCUT2D eigenvalue weighted by molar-refractivity contribution is -0.113. The highest BCUT2D eigenvalue weighted by Gasteiger charge is 2.10. The fourth-order valence-corrected chi connectivity index (χ4v) is 0.656. The highest BCUT2D eigenvalue weighted by molar-refractivity contribution is 5.95. The highest BCUT2D eigenvalue weighted by atomic mass is 16.2. The summed E-state index contributed by atoms with van der Waals surface area (Å²) in [6.07, 6.45) is 1.43. The van der Waals surface area contributed by atoms with Crippen LogP contribution >= 0.6 is 0 Å². The van der Waals surface area contributed by atoms with E-state index in [4.69, 9.17) is 0 Å². The Labute approximate surface area is 58.3 Å². The molecule has 2 N–H and O–H groups in total. The van der Waals surface area contributed by atoms with Crippen LogP contribution < -0.4 is 10.6 Å². The molecule has 2 amide bonds. The summed E-state index contributed by atoms with van der Waals surface area (Å²) in [5.41, 5.74) is 0.597. The van der Waals surface area contributed by atoms with Crippen LogP contribution in [0.1, 0.15) is 6.92 Å². The van der Waals surface area contributed by atoms with Crippen LogP contribution in [0, 0.1) is 0 Å². The molecule has 0 aromatic rings. The first-order valence-corrected chi connectivity index (χ1v) is 2.94. The van der Waals surface area contributed by atoms with E-state index in [1.807, 2.05) is 0 Å². The van der Waals surface area contributed by atoms with Gasteiger partial charge in [0.15, 0.2) is 5.78 Å². The van der Waals surface area contributed by atoms with E-state index < -0.39 is 0 Å². The van der Waals surface area contributed by atoms with Gasteiger partial charge in [0.25, 0.3) is 0 Å². The first kappa shape index (κ1) is 6.80. The number of Topliss-reactive ketones (excluding diaryl/α,β-unsaturated/α-hetero) is 1. The van der Waals surface area contributed by atoms with Crippen LogP contribution in [0.4, 0.5) is 4.79 Å². The minimum Gasteiger partial charge on any atom is -0.334 e. The standard InChI is InChI=1S/C6H8N2O2/c1-4(9)5-2-7-6(10)8-3-5/h2H,3H2,1H3,(H2,7,8,10). The molecule has 4 heteroatoms. The molecular formula is C6H8N2O2. The van der Waals surface area contributed by atoms with E-state index in [0.29, 0.717) is 12.1 Å². The summed E-state index contributed by atoms with van der Waals surface area (Å²) in [6.45, 7) is 1.80. The topological polar surface area (TPSA) is 58.2 Å². The molecule has 0 bridgehead atoms. The van der Waals surface area contributed by atoms with Crippen LogP contribution in [0.3, 0.4) is 0 Å². The van der Waals surface area contributed by atoms with E-state index >= 15 is 0 Å². The van der Waals surface area contributed by atoms with Crippen LogP contribution in [0.15, 0.2) is 11.8 Å². The van der Waals surface area contributed by atoms with E-state index in [1.54, 1.807) is 0 Å². The Morgan fingerprint density at radius 2 is 2.40 bits per heavy atom. The summed E-state index contributed by atoms with van der Waals surface area (Å²) in [6, 6.07) is -0.259. The van der Waals surface area contributed by atoms with Crippen LogP contribution in [-0.4, -0.2) is 18.4 Å². The van der Waals surface area contributed by atoms with Gasteiger partial charge in [0.1, 0.15) is 0 Å². The number of hydrogen-bond donors (Lipinski definition) is 2. The lowest BCUT2D eigenvalue weighted by Gasteiger charge is -2.11. The number of amides is 2. The molecule has 1 aliphatic rings. The van der Waals surface area contributed by atoms with Crippen molar-refractivity contribution >= 4 is 11.8 Å². The van der Waals surface area contributed by atoms with Gasteiger partial charge in [-0.25, -0.2) is 4.79 Å². The van der Waals surface area contributed by atoms with Crippen molar-refractivity contribution in [2.24, 2.45) is 0 Å². The molecular weight excluding hydrogens is 132 g/mol. The summed E-state index contributed by atoms with van der Waals surface area (Å²) >= 11 is 0. The van der Waals surface area contributed by atoms with Gasteiger partial charge in [-0.15, -0.1) is 0 Å². The Morgan fingerprint density at radius 1 is 1.70 bits per heavy atom. The first-order valence-electron chi connectivity index (χ1n) is 2.94. The Kier molecular flexibility index (Phi) is 1.71. The van der Waals surface area contributed by atoms with Gasteiger partial charge in [-0.3, -0.25) is 4.79 Å². The van der Waals surface area contributed by atoms with Crippen LogP contribution in [-0.2, 0) is 4.79 Å². The molecule has 1 rings (SSSR count). The smallest absolute Gasteiger partial charge is 0.319 e. The van der Waals surface area contributed by atoms with Gasteiger partial charge < -0.3 is 10.6 Å². The number of urea groups is 1. The number of ketones is 1. The van der Waals surface area contributed by atoms with Gasteiger partial charge in [-0.2, -0.15) is 0 Å². The van der Waals surface area contributed by atoms with Crippen molar-refractivity contribution in [2.45, 2.75) is 6.92 Å². The summed E-state index contributed by atoms with van der Waals surface area (Å²) in [5, 5.41) is 4.85. The summed E-state index contributed by atoms with van der Waals surface area (Å²) < 4.78 is 0. The fraction of sp³-hybridized carbons (Fsp3) is 0.333. The zero-order chi connectivity index (χ0) is 7.56. The van der Waals surface area contributed by atoms with Gasteiger partial charge in [0.05, 0.1) is 0 Å². The van der Waals surface area contributed by atoms with Crippen LogP contribution in [0.25, 0.3) is 0 Å². The normalized spacial score (nSPS) is 16.9. The molecule has 0 spiro atoms. The Hall–Kier alpha value is -1.32. The fourth-order valence-electron chi connectivity index (χ4n) is 0.656.